The second kappa shape index (κ2) is 7.82. The van der Waals surface area contributed by atoms with Gasteiger partial charge in [0, 0.05) is 16.1 Å². The van der Waals surface area contributed by atoms with Gasteiger partial charge in [-0.05, 0) is 24.6 Å². The fourth-order valence-corrected chi connectivity index (χ4v) is 3.69. The minimum atomic E-state index is -0.954. The first-order chi connectivity index (χ1) is 12.2. The molecule has 0 saturated heterocycles. The molecule has 1 atom stereocenters. The Morgan fingerprint density at radius 3 is 2.69 bits per heavy atom. The lowest BCUT2D eigenvalue weighted by molar-refractivity contribution is -0.125. The van der Waals surface area contributed by atoms with Crippen LogP contribution < -0.4 is 10.6 Å². The number of rotatable bonds is 4. The lowest BCUT2D eigenvalue weighted by Gasteiger charge is -2.34. The van der Waals surface area contributed by atoms with E-state index in [0.29, 0.717) is 21.3 Å². The first kappa shape index (κ1) is 19.8. The van der Waals surface area contributed by atoms with Crippen molar-refractivity contribution in [1.82, 2.24) is 5.32 Å². The molecule has 1 aromatic rings. The van der Waals surface area contributed by atoms with Crippen molar-refractivity contribution < 1.29 is 9.59 Å². The minimum Gasteiger partial charge on any atom is -0.325 e. The predicted molar refractivity (Wildman–Crippen MR) is 101 cm³/mol. The van der Waals surface area contributed by atoms with Crippen molar-refractivity contribution in [3.05, 3.63) is 39.4 Å². The number of thioether (sulfide) groups is 1. The van der Waals surface area contributed by atoms with Crippen molar-refractivity contribution in [2.24, 2.45) is 11.3 Å². The van der Waals surface area contributed by atoms with Crippen molar-refractivity contribution in [1.29, 1.82) is 10.5 Å². The van der Waals surface area contributed by atoms with E-state index in [2.05, 4.69) is 16.7 Å². The number of carbonyl (C=O) groups is 2. The number of benzene rings is 1. The first-order valence-corrected chi connectivity index (χ1v) is 9.11. The van der Waals surface area contributed by atoms with Crippen LogP contribution in [-0.4, -0.2) is 17.6 Å². The van der Waals surface area contributed by atoms with Gasteiger partial charge < -0.3 is 10.6 Å². The number of aryl methyl sites for hydroxylation is 1. The minimum absolute atomic E-state index is 0.000408. The lowest BCUT2D eigenvalue weighted by Crippen LogP contribution is -2.44. The van der Waals surface area contributed by atoms with E-state index < -0.39 is 17.2 Å². The van der Waals surface area contributed by atoms with Gasteiger partial charge >= 0.3 is 0 Å². The molecule has 0 aromatic heterocycles. The third-order valence-electron chi connectivity index (χ3n) is 4.14. The molecule has 0 unspecified atom stereocenters. The molecule has 1 aliphatic heterocycles. The van der Waals surface area contributed by atoms with Crippen LogP contribution in [0.4, 0.5) is 5.69 Å². The van der Waals surface area contributed by atoms with Crippen molar-refractivity contribution >= 4 is 40.9 Å². The van der Waals surface area contributed by atoms with Gasteiger partial charge in [-0.1, -0.05) is 43.3 Å². The van der Waals surface area contributed by atoms with Crippen LogP contribution in [0.1, 0.15) is 19.4 Å². The van der Waals surface area contributed by atoms with Gasteiger partial charge in [-0.3, -0.25) is 9.59 Å². The SMILES string of the molecule is Cc1ccc(NC(=O)CSC2=C(C#N)C(C)(C)[C@@H](C#N)C(=O)N2)cc1Cl. The van der Waals surface area contributed by atoms with Crippen LogP contribution in [0.15, 0.2) is 28.8 Å². The van der Waals surface area contributed by atoms with Crippen molar-refractivity contribution in [2.75, 3.05) is 11.1 Å². The number of allylic oxidation sites excluding steroid dienone is 1. The Kier molecular flexibility index (Phi) is 5.97. The Balaban J connectivity index is 2.12. The number of anilines is 1. The van der Waals surface area contributed by atoms with Crippen LogP contribution in [0.25, 0.3) is 0 Å². The normalized spacial score (nSPS) is 18.5. The zero-order valence-electron chi connectivity index (χ0n) is 14.5. The second-order valence-electron chi connectivity index (χ2n) is 6.39. The number of amides is 2. The van der Waals surface area contributed by atoms with Crippen LogP contribution in [-0.2, 0) is 9.59 Å². The smallest absolute Gasteiger partial charge is 0.243 e. The molecule has 0 radical (unpaired) electrons. The van der Waals surface area contributed by atoms with Crippen LogP contribution in [0, 0.1) is 40.9 Å². The van der Waals surface area contributed by atoms with Crippen LogP contribution in [0.3, 0.4) is 0 Å². The molecule has 8 heteroatoms. The summed E-state index contributed by atoms with van der Waals surface area (Å²) >= 11 is 7.09. The number of hydrogen-bond donors (Lipinski definition) is 2. The number of nitriles is 2. The number of nitrogens with one attached hydrogen (secondary N) is 2. The quantitative estimate of drug-likeness (QED) is 0.822. The molecule has 2 rings (SSSR count). The van der Waals surface area contributed by atoms with E-state index in [-0.39, 0.29) is 11.7 Å². The van der Waals surface area contributed by atoms with E-state index in [9.17, 15) is 20.1 Å². The van der Waals surface area contributed by atoms with Gasteiger partial charge in [0.2, 0.25) is 11.8 Å². The molecule has 2 N–H and O–H groups in total. The topological polar surface area (TPSA) is 106 Å². The number of carbonyl (C=O) groups excluding carboxylic acids is 2. The Hall–Kier alpha value is -2.48. The summed E-state index contributed by atoms with van der Waals surface area (Å²) in [6.07, 6.45) is 0. The highest BCUT2D eigenvalue weighted by atomic mass is 35.5. The van der Waals surface area contributed by atoms with Crippen LogP contribution >= 0.6 is 23.4 Å². The molecule has 26 heavy (non-hydrogen) atoms. The molecule has 0 aliphatic carbocycles. The van der Waals surface area contributed by atoms with Gasteiger partial charge in [-0.2, -0.15) is 10.5 Å². The molecule has 6 nitrogen and oxygen atoms in total. The van der Waals surface area contributed by atoms with Crippen molar-refractivity contribution in [3.63, 3.8) is 0 Å². The zero-order valence-corrected chi connectivity index (χ0v) is 16.1. The van der Waals surface area contributed by atoms with Gasteiger partial charge in [-0.25, -0.2) is 0 Å². The highest BCUT2D eigenvalue weighted by Crippen LogP contribution is 2.41. The first-order valence-electron chi connectivity index (χ1n) is 7.74. The van der Waals surface area contributed by atoms with Gasteiger partial charge in [0.15, 0.2) is 0 Å². The summed E-state index contributed by atoms with van der Waals surface area (Å²) in [7, 11) is 0. The Morgan fingerprint density at radius 1 is 1.42 bits per heavy atom. The Labute approximate surface area is 161 Å². The summed E-state index contributed by atoms with van der Waals surface area (Å²) < 4.78 is 0. The van der Waals surface area contributed by atoms with E-state index in [0.717, 1.165) is 17.3 Å². The van der Waals surface area contributed by atoms with E-state index >= 15 is 0 Å². The average molecular weight is 389 g/mol. The van der Waals surface area contributed by atoms with Gasteiger partial charge in [0.1, 0.15) is 5.92 Å². The molecule has 0 spiro atoms. The maximum atomic E-state index is 12.2. The van der Waals surface area contributed by atoms with E-state index in [4.69, 9.17) is 11.6 Å². The number of halogens is 1. The zero-order chi connectivity index (χ0) is 19.5. The second-order valence-corrected chi connectivity index (χ2v) is 7.78. The van der Waals surface area contributed by atoms with E-state index in [1.165, 1.54) is 0 Å². The summed E-state index contributed by atoms with van der Waals surface area (Å²) in [5.74, 6) is -1.72. The summed E-state index contributed by atoms with van der Waals surface area (Å²) in [5, 5.41) is 24.8. The van der Waals surface area contributed by atoms with E-state index in [1.54, 1.807) is 32.0 Å². The molecule has 2 amide bonds. The Morgan fingerprint density at radius 2 is 2.12 bits per heavy atom. The maximum absolute atomic E-state index is 12.2. The lowest BCUT2D eigenvalue weighted by atomic mass is 9.72. The van der Waals surface area contributed by atoms with Crippen molar-refractivity contribution in [3.8, 4) is 12.1 Å². The summed E-state index contributed by atoms with van der Waals surface area (Å²) in [5.41, 5.74) is 0.843. The standard InChI is InChI=1S/C18H17ClN4O2S/c1-10-4-5-11(6-14(10)19)22-15(24)9-26-17-13(8-21)18(2,3)12(7-20)16(25)23-17/h4-6,12H,9H2,1-3H3,(H,22,24)(H,23,25)/t12-/m0/s1. The molecule has 134 valence electrons. The third-order valence-corrected chi connectivity index (χ3v) is 5.54. The summed E-state index contributed by atoms with van der Waals surface area (Å²) in [6, 6.07) is 9.19. The fourth-order valence-electron chi connectivity index (χ4n) is 2.54. The molecule has 0 saturated carbocycles. The van der Waals surface area contributed by atoms with Gasteiger partial charge in [-0.15, -0.1) is 0 Å². The van der Waals surface area contributed by atoms with Crippen LogP contribution in [0.5, 0.6) is 0 Å². The summed E-state index contributed by atoms with van der Waals surface area (Å²) in [6.45, 7) is 5.21. The van der Waals surface area contributed by atoms with Crippen LogP contribution in [0.2, 0.25) is 5.02 Å². The molecule has 1 aromatic carbocycles. The molecule has 1 aliphatic rings. The molecule has 0 bridgehead atoms. The largest absolute Gasteiger partial charge is 0.325 e. The molecule has 0 fully saturated rings. The highest BCUT2D eigenvalue weighted by Gasteiger charge is 2.44. The van der Waals surface area contributed by atoms with Gasteiger partial charge in [0.05, 0.1) is 28.5 Å². The molecular weight excluding hydrogens is 372 g/mol. The fraction of sp³-hybridized carbons (Fsp3) is 0.333. The van der Waals surface area contributed by atoms with E-state index in [1.807, 2.05) is 13.0 Å². The molecule has 1 heterocycles. The Bertz CT molecular complexity index is 880. The number of nitrogens with zero attached hydrogens (tertiary/aromatic N) is 2. The third kappa shape index (κ3) is 4.01. The highest BCUT2D eigenvalue weighted by molar-refractivity contribution is 8.03. The van der Waals surface area contributed by atoms with Gasteiger partial charge in [0.25, 0.3) is 0 Å². The maximum Gasteiger partial charge on any atom is 0.243 e. The molecular formula is C18H17ClN4O2S. The number of hydrogen-bond acceptors (Lipinski definition) is 5. The average Bonchev–Trinajstić information content (AvgIpc) is 2.56. The predicted octanol–water partition coefficient (Wildman–Crippen LogP) is 3.35. The summed E-state index contributed by atoms with van der Waals surface area (Å²) in [4.78, 5) is 24.3. The monoisotopic (exact) mass is 388 g/mol. The van der Waals surface area contributed by atoms with Crippen molar-refractivity contribution in [2.45, 2.75) is 20.8 Å².